The Hall–Kier alpha value is -2.65. The zero-order chi connectivity index (χ0) is 19.4. The highest BCUT2D eigenvalue weighted by molar-refractivity contribution is 7.14. The molecule has 0 bridgehead atoms. The van der Waals surface area contributed by atoms with Crippen LogP contribution < -0.4 is 15.5 Å². The van der Waals surface area contributed by atoms with Crippen molar-refractivity contribution in [3.05, 3.63) is 29.6 Å². The normalized spacial score (nSPS) is 16.0. The van der Waals surface area contributed by atoms with Gasteiger partial charge in [-0.2, -0.15) is 0 Å². The van der Waals surface area contributed by atoms with Crippen LogP contribution in [0.15, 0.2) is 29.6 Å². The van der Waals surface area contributed by atoms with Crippen LogP contribution in [-0.4, -0.2) is 53.9 Å². The molecule has 1 aromatic heterocycles. The molecule has 1 fully saturated rings. The number of rotatable bonds is 5. The first-order valence-electron chi connectivity index (χ1n) is 8.54. The summed E-state index contributed by atoms with van der Waals surface area (Å²) in [6.07, 6.45) is -1.24. The summed E-state index contributed by atoms with van der Waals surface area (Å²) >= 11 is 1.30. The van der Waals surface area contributed by atoms with Crippen LogP contribution in [0.25, 0.3) is 11.3 Å². The van der Waals surface area contributed by atoms with Gasteiger partial charge in [0, 0.05) is 29.7 Å². The minimum absolute atomic E-state index is 0.184. The van der Waals surface area contributed by atoms with Crippen LogP contribution in [0.2, 0.25) is 0 Å². The van der Waals surface area contributed by atoms with E-state index in [4.69, 9.17) is 9.84 Å². The maximum absolute atomic E-state index is 11.7. The summed E-state index contributed by atoms with van der Waals surface area (Å²) in [6.45, 7) is 6.18. The Morgan fingerprint density at radius 2 is 2.22 bits per heavy atom. The predicted octanol–water partition coefficient (Wildman–Crippen LogP) is 2.63. The number of carbonyl (C=O) groups is 2. The first-order chi connectivity index (χ1) is 12.8. The van der Waals surface area contributed by atoms with Gasteiger partial charge >= 0.3 is 6.09 Å². The van der Waals surface area contributed by atoms with Crippen molar-refractivity contribution >= 4 is 34.2 Å². The van der Waals surface area contributed by atoms with Crippen molar-refractivity contribution in [3.63, 3.8) is 0 Å². The number of hydrogen-bond acceptors (Lipinski definition) is 6. The minimum atomic E-state index is -1.24. The van der Waals surface area contributed by atoms with Gasteiger partial charge in [0.1, 0.15) is 6.54 Å². The van der Waals surface area contributed by atoms with E-state index in [-0.39, 0.29) is 12.1 Å². The molecule has 27 heavy (non-hydrogen) atoms. The fraction of sp³-hybridized carbons (Fsp3) is 0.389. The Labute approximate surface area is 161 Å². The smallest absolute Gasteiger partial charge is 0.405 e. The van der Waals surface area contributed by atoms with Gasteiger partial charge in [-0.25, -0.2) is 9.78 Å². The summed E-state index contributed by atoms with van der Waals surface area (Å²) in [5, 5.41) is 15.4. The quantitative estimate of drug-likeness (QED) is 0.725. The number of benzene rings is 1. The Morgan fingerprint density at radius 1 is 1.41 bits per heavy atom. The lowest BCUT2D eigenvalue weighted by Gasteiger charge is -2.39. The number of nitrogens with one attached hydrogen (secondary N) is 2. The highest BCUT2D eigenvalue weighted by Crippen LogP contribution is 2.29. The van der Waals surface area contributed by atoms with Gasteiger partial charge in [0.15, 0.2) is 5.13 Å². The average molecular weight is 390 g/mol. The number of amides is 2. The molecule has 1 aliphatic heterocycles. The summed E-state index contributed by atoms with van der Waals surface area (Å²) in [5.74, 6) is -0.456. The van der Waals surface area contributed by atoms with Gasteiger partial charge in [-0.15, -0.1) is 11.3 Å². The van der Waals surface area contributed by atoms with Gasteiger partial charge in [0.05, 0.1) is 17.9 Å². The van der Waals surface area contributed by atoms with E-state index in [2.05, 4.69) is 41.2 Å². The molecule has 1 saturated heterocycles. The number of carbonyl (C=O) groups excluding carboxylic acids is 1. The summed E-state index contributed by atoms with van der Waals surface area (Å²) in [4.78, 5) is 28.8. The molecule has 0 aliphatic carbocycles. The van der Waals surface area contributed by atoms with Gasteiger partial charge in [0.2, 0.25) is 5.91 Å². The molecule has 144 valence electrons. The molecule has 3 rings (SSSR count). The van der Waals surface area contributed by atoms with Crippen molar-refractivity contribution < 1.29 is 19.4 Å². The number of aromatic nitrogens is 1. The number of hydrogen-bond donors (Lipinski definition) is 3. The molecule has 2 amide bonds. The number of morpholine rings is 1. The third kappa shape index (κ3) is 5.18. The summed E-state index contributed by atoms with van der Waals surface area (Å²) in [5.41, 5.74) is 2.64. The van der Waals surface area contributed by atoms with Gasteiger partial charge in [-0.3, -0.25) is 4.79 Å². The standard InChI is InChI=1S/C18H22N4O4S/c1-18(2)11-22(6-7-26-18)13-5-3-4-12(8-13)14-10-27-16(20-14)21-15(23)9-19-17(24)25/h3-5,8,10,19H,6-7,9,11H2,1-2H3,(H,24,25)(H,20,21,23). The molecule has 0 spiro atoms. The van der Waals surface area contributed by atoms with Crippen molar-refractivity contribution in [1.29, 1.82) is 0 Å². The van der Waals surface area contributed by atoms with Crippen LogP contribution in [0, 0.1) is 0 Å². The first-order valence-corrected chi connectivity index (χ1v) is 9.42. The summed E-state index contributed by atoms with van der Waals surface area (Å²) < 4.78 is 5.77. The molecule has 2 heterocycles. The maximum Gasteiger partial charge on any atom is 0.405 e. The van der Waals surface area contributed by atoms with E-state index >= 15 is 0 Å². The Kier molecular flexibility index (Phi) is 5.62. The second-order valence-electron chi connectivity index (χ2n) is 6.82. The number of ether oxygens (including phenoxy) is 1. The molecule has 8 nitrogen and oxygen atoms in total. The van der Waals surface area contributed by atoms with Crippen LogP contribution in [0.4, 0.5) is 15.6 Å². The van der Waals surface area contributed by atoms with E-state index in [9.17, 15) is 9.59 Å². The molecule has 0 radical (unpaired) electrons. The maximum atomic E-state index is 11.7. The van der Waals surface area contributed by atoms with Crippen LogP contribution in [0.5, 0.6) is 0 Å². The van der Waals surface area contributed by atoms with E-state index < -0.39 is 12.0 Å². The van der Waals surface area contributed by atoms with E-state index in [1.54, 1.807) is 0 Å². The predicted molar refractivity (Wildman–Crippen MR) is 104 cm³/mol. The lowest BCUT2D eigenvalue weighted by molar-refractivity contribution is -0.115. The molecular formula is C18H22N4O4S. The van der Waals surface area contributed by atoms with Crippen LogP contribution in [-0.2, 0) is 9.53 Å². The summed E-state index contributed by atoms with van der Waals surface area (Å²) in [6, 6.07) is 8.11. The Balaban J connectivity index is 1.69. The van der Waals surface area contributed by atoms with E-state index in [0.29, 0.717) is 11.7 Å². The molecule has 1 aliphatic rings. The number of thiazole rings is 1. The van der Waals surface area contributed by atoms with Gasteiger partial charge < -0.3 is 25.4 Å². The van der Waals surface area contributed by atoms with Crippen molar-refractivity contribution in [2.24, 2.45) is 0 Å². The monoisotopic (exact) mass is 390 g/mol. The largest absolute Gasteiger partial charge is 0.465 e. The molecule has 0 atom stereocenters. The Bertz CT molecular complexity index is 836. The van der Waals surface area contributed by atoms with Crippen molar-refractivity contribution in [3.8, 4) is 11.3 Å². The van der Waals surface area contributed by atoms with E-state index in [0.717, 1.165) is 30.0 Å². The SMILES string of the molecule is CC1(C)CN(c2cccc(-c3csc(NC(=O)CNC(=O)O)n3)c2)CCO1. The lowest BCUT2D eigenvalue weighted by Crippen LogP contribution is -2.48. The zero-order valence-electron chi connectivity index (χ0n) is 15.2. The molecule has 0 unspecified atom stereocenters. The second-order valence-corrected chi connectivity index (χ2v) is 7.68. The molecule has 2 aromatic rings. The summed E-state index contributed by atoms with van der Waals surface area (Å²) in [7, 11) is 0. The van der Waals surface area contributed by atoms with Crippen LogP contribution >= 0.6 is 11.3 Å². The van der Waals surface area contributed by atoms with Gasteiger partial charge in [-0.05, 0) is 26.0 Å². The van der Waals surface area contributed by atoms with Crippen LogP contribution in [0.1, 0.15) is 13.8 Å². The molecule has 9 heteroatoms. The second kappa shape index (κ2) is 7.93. The fourth-order valence-electron chi connectivity index (χ4n) is 2.88. The fourth-order valence-corrected chi connectivity index (χ4v) is 3.62. The third-order valence-electron chi connectivity index (χ3n) is 4.08. The number of nitrogens with zero attached hydrogens (tertiary/aromatic N) is 2. The van der Waals surface area contributed by atoms with E-state index in [1.165, 1.54) is 11.3 Å². The highest BCUT2D eigenvalue weighted by atomic mass is 32.1. The highest BCUT2D eigenvalue weighted by Gasteiger charge is 2.27. The zero-order valence-corrected chi connectivity index (χ0v) is 16.0. The molecular weight excluding hydrogens is 368 g/mol. The third-order valence-corrected chi connectivity index (χ3v) is 4.84. The van der Waals surface area contributed by atoms with Crippen LogP contribution in [0.3, 0.4) is 0 Å². The molecule has 0 saturated carbocycles. The van der Waals surface area contributed by atoms with Gasteiger partial charge in [0.25, 0.3) is 0 Å². The topological polar surface area (TPSA) is 104 Å². The minimum Gasteiger partial charge on any atom is -0.465 e. The van der Waals surface area contributed by atoms with Crippen molar-refractivity contribution in [1.82, 2.24) is 10.3 Å². The average Bonchev–Trinajstić information content (AvgIpc) is 3.08. The van der Waals surface area contributed by atoms with Crippen molar-refractivity contribution in [2.45, 2.75) is 19.4 Å². The van der Waals surface area contributed by atoms with Crippen molar-refractivity contribution in [2.75, 3.05) is 36.5 Å². The van der Waals surface area contributed by atoms with Gasteiger partial charge in [-0.1, -0.05) is 12.1 Å². The lowest BCUT2D eigenvalue weighted by atomic mass is 10.1. The molecule has 3 N–H and O–H groups in total. The van der Waals surface area contributed by atoms with E-state index in [1.807, 2.05) is 22.8 Å². The number of anilines is 2. The first kappa shape index (κ1) is 19.1. The molecule has 1 aromatic carbocycles. The number of carboxylic acid groups (broad SMARTS) is 1. The Morgan fingerprint density at radius 3 is 2.96 bits per heavy atom.